The number of fused-ring (bicyclic) bond motifs is 1. The Kier molecular flexibility index (Phi) is 2.21. The fourth-order valence-electron chi connectivity index (χ4n) is 2.54. The highest BCUT2D eigenvalue weighted by Gasteiger charge is 2.23. The number of likely N-dealkylation sites (N-methyl/N-ethyl adjacent to an activating group) is 1. The number of hydrogen-bond acceptors (Lipinski definition) is 2. The van der Waals surface area contributed by atoms with Crippen molar-refractivity contribution >= 4 is 5.65 Å². The molecule has 3 heterocycles. The van der Waals surface area contributed by atoms with E-state index in [9.17, 15) is 0 Å². The van der Waals surface area contributed by atoms with Crippen molar-refractivity contribution in [1.82, 2.24) is 14.3 Å². The third-order valence-electron chi connectivity index (χ3n) is 3.52. The molecule has 3 nitrogen and oxygen atoms in total. The molecule has 1 aliphatic rings. The van der Waals surface area contributed by atoms with E-state index >= 15 is 0 Å². The van der Waals surface area contributed by atoms with Gasteiger partial charge in [0.05, 0.1) is 5.69 Å². The first kappa shape index (κ1) is 9.85. The normalized spacial score (nSPS) is 22.0. The topological polar surface area (TPSA) is 20.5 Å². The van der Waals surface area contributed by atoms with Gasteiger partial charge in [0.1, 0.15) is 5.65 Å². The van der Waals surface area contributed by atoms with Crippen LogP contribution in [0.2, 0.25) is 0 Å². The smallest absolute Gasteiger partial charge is 0.137 e. The minimum Gasteiger partial charge on any atom is -0.306 e. The maximum Gasteiger partial charge on any atom is 0.137 e. The summed E-state index contributed by atoms with van der Waals surface area (Å²) in [6, 6.07) is 6.27. The molecule has 1 unspecified atom stereocenters. The van der Waals surface area contributed by atoms with Crippen molar-refractivity contribution < 1.29 is 0 Å². The van der Waals surface area contributed by atoms with Crippen LogP contribution in [0.25, 0.3) is 5.65 Å². The largest absolute Gasteiger partial charge is 0.306 e. The van der Waals surface area contributed by atoms with E-state index in [1.165, 1.54) is 24.4 Å². The molecule has 0 saturated carbocycles. The van der Waals surface area contributed by atoms with Crippen molar-refractivity contribution in [2.24, 2.45) is 0 Å². The molecule has 1 fully saturated rings. The lowest BCUT2D eigenvalue weighted by Gasteiger charge is -2.06. The van der Waals surface area contributed by atoms with E-state index in [0.29, 0.717) is 5.92 Å². The minimum absolute atomic E-state index is 0.615. The Morgan fingerprint density at radius 1 is 1.38 bits per heavy atom. The van der Waals surface area contributed by atoms with Gasteiger partial charge in [0.2, 0.25) is 0 Å². The van der Waals surface area contributed by atoms with Crippen molar-refractivity contribution in [2.75, 3.05) is 20.1 Å². The summed E-state index contributed by atoms with van der Waals surface area (Å²) in [5.74, 6) is 0.615. The fraction of sp³-hybridized carbons (Fsp3) is 0.462. The minimum atomic E-state index is 0.615. The van der Waals surface area contributed by atoms with Gasteiger partial charge in [-0.1, -0.05) is 6.07 Å². The molecule has 2 aromatic rings. The fourth-order valence-corrected chi connectivity index (χ4v) is 2.54. The summed E-state index contributed by atoms with van der Waals surface area (Å²) in [5.41, 5.74) is 3.57. The molecule has 0 spiro atoms. The van der Waals surface area contributed by atoms with Crippen molar-refractivity contribution in [3.63, 3.8) is 0 Å². The predicted octanol–water partition coefficient (Wildman–Crippen LogP) is 2.06. The molecule has 0 aromatic carbocycles. The second-order valence-electron chi connectivity index (χ2n) is 4.81. The number of aryl methyl sites for hydroxylation is 1. The van der Waals surface area contributed by atoms with Gasteiger partial charge in [-0.05, 0) is 39.1 Å². The zero-order chi connectivity index (χ0) is 11.1. The maximum absolute atomic E-state index is 4.73. The molecule has 1 saturated heterocycles. The molecule has 3 rings (SSSR count). The summed E-state index contributed by atoms with van der Waals surface area (Å²) in [4.78, 5) is 7.10. The van der Waals surface area contributed by atoms with Gasteiger partial charge in [-0.2, -0.15) is 0 Å². The molecular formula is C13H17N3. The summed E-state index contributed by atoms with van der Waals surface area (Å²) in [7, 11) is 2.18. The lowest BCUT2D eigenvalue weighted by atomic mass is 10.1. The first-order valence-electron chi connectivity index (χ1n) is 5.87. The van der Waals surface area contributed by atoms with E-state index in [1.54, 1.807) is 0 Å². The molecule has 16 heavy (non-hydrogen) atoms. The molecule has 2 aromatic heterocycles. The van der Waals surface area contributed by atoms with Crippen LogP contribution in [0.4, 0.5) is 0 Å². The summed E-state index contributed by atoms with van der Waals surface area (Å²) < 4.78 is 2.19. The number of imidazole rings is 1. The van der Waals surface area contributed by atoms with Gasteiger partial charge >= 0.3 is 0 Å². The average molecular weight is 215 g/mol. The first-order chi connectivity index (χ1) is 7.74. The van der Waals surface area contributed by atoms with Crippen LogP contribution in [0.5, 0.6) is 0 Å². The third-order valence-corrected chi connectivity index (χ3v) is 3.52. The van der Waals surface area contributed by atoms with E-state index in [-0.39, 0.29) is 0 Å². The second-order valence-corrected chi connectivity index (χ2v) is 4.81. The Morgan fingerprint density at radius 2 is 2.25 bits per heavy atom. The zero-order valence-corrected chi connectivity index (χ0v) is 9.85. The van der Waals surface area contributed by atoms with Crippen molar-refractivity contribution in [3.8, 4) is 0 Å². The molecule has 1 atom stereocenters. The Morgan fingerprint density at radius 3 is 2.94 bits per heavy atom. The van der Waals surface area contributed by atoms with Gasteiger partial charge in [0.25, 0.3) is 0 Å². The second kappa shape index (κ2) is 3.59. The van der Waals surface area contributed by atoms with Gasteiger partial charge in [-0.25, -0.2) is 4.98 Å². The van der Waals surface area contributed by atoms with Crippen LogP contribution in [0.1, 0.15) is 23.7 Å². The lowest BCUT2D eigenvalue weighted by Crippen LogP contribution is -2.13. The molecule has 0 amide bonds. The summed E-state index contributed by atoms with van der Waals surface area (Å²) in [5, 5.41) is 0. The first-order valence-corrected chi connectivity index (χ1v) is 5.87. The number of likely N-dealkylation sites (tertiary alicyclic amines) is 1. The molecule has 84 valence electrons. The predicted molar refractivity (Wildman–Crippen MR) is 64.8 cm³/mol. The zero-order valence-electron chi connectivity index (χ0n) is 9.85. The average Bonchev–Trinajstić information content (AvgIpc) is 2.84. The molecule has 0 N–H and O–H groups in total. The molecule has 0 radical (unpaired) electrons. The number of aromatic nitrogens is 2. The van der Waals surface area contributed by atoms with Crippen LogP contribution in [-0.4, -0.2) is 34.4 Å². The third kappa shape index (κ3) is 1.52. The van der Waals surface area contributed by atoms with Crippen LogP contribution in [0.3, 0.4) is 0 Å². The quantitative estimate of drug-likeness (QED) is 0.726. The summed E-state index contributed by atoms with van der Waals surface area (Å²) in [6.45, 7) is 4.46. The van der Waals surface area contributed by atoms with Gasteiger partial charge in [0, 0.05) is 24.4 Å². The molecule has 0 aliphatic carbocycles. The van der Waals surface area contributed by atoms with E-state index in [1.807, 2.05) is 0 Å². The molecule has 1 aliphatic heterocycles. The Labute approximate surface area is 95.7 Å². The van der Waals surface area contributed by atoms with E-state index in [0.717, 1.165) is 12.2 Å². The Bertz CT molecular complexity index is 515. The summed E-state index contributed by atoms with van der Waals surface area (Å²) >= 11 is 0. The van der Waals surface area contributed by atoms with Crippen LogP contribution >= 0.6 is 0 Å². The van der Waals surface area contributed by atoms with Gasteiger partial charge in [-0.3, -0.25) is 0 Å². The maximum atomic E-state index is 4.73. The highest BCUT2D eigenvalue weighted by Crippen LogP contribution is 2.25. The monoisotopic (exact) mass is 215 g/mol. The van der Waals surface area contributed by atoms with Gasteiger partial charge in [0.15, 0.2) is 0 Å². The van der Waals surface area contributed by atoms with E-state index in [4.69, 9.17) is 4.98 Å². The van der Waals surface area contributed by atoms with Crippen LogP contribution in [0, 0.1) is 6.92 Å². The van der Waals surface area contributed by atoms with Crippen LogP contribution in [-0.2, 0) is 0 Å². The molecule has 0 bridgehead atoms. The number of pyridine rings is 1. The number of rotatable bonds is 1. The standard InChI is InChI=1S/C13H17N3/c1-10-4-3-5-13-14-12(9-16(10)13)11-6-7-15(2)8-11/h3-5,9,11H,6-8H2,1-2H3. The molecular weight excluding hydrogens is 198 g/mol. The van der Waals surface area contributed by atoms with Gasteiger partial charge in [-0.15, -0.1) is 0 Å². The van der Waals surface area contributed by atoms with Crippen LogP contribution < -0.4 is 0 Å². The molecule has 3 heteroatoms. The van der Waals surface area contributed by atoms with Crippen LogP contribution in [0.15, 0.2) is 24.4 Å². The number of nitrogens with zero attached hydrogens (tertiary/aromatic N) is 3. The number of hydrogen-bond donors (Lipinski definition) is 0. The van der Waals surface area contributed by atoms with Crippen molar-refractivity contribution in [2.45, 2.75) is 19.3 Å². The summed E-state index contributed by atoms with van der Waals surface area (Å²) in [6.07, 6.45) is 3.44. The van der Waals surface area contributed by atoms with Gasteiger partial charge < -0.3 is 9.30 Å². The van der Waals surface area contributed by atoms with E-state index in [2.05, 4.69) is 47.7 Å². The highest BCUT2D eigenvalue weighted by molar-refractivity contribution is 5.42. The van der Waals surface area contributed by atoms with Crippen molar-refractivity contribution in [1.29, 1.82) is 0 Å². The SMILES string of the molecule is Cc1cccc2nc(C3CCN(C)C3)cn12. The Hall–Kier alpha value is -1.35. The van der Waals surface area contributed by atoms with Crippen molar-refractivity contribution in [3.05, 3.63) is 35.8 Å². The highest BCUT2D eigenvalue weighted by atomic mass is 15.1. The lowest BCUT2D eigenvalue weighted by molar-refractivity contribution is 0.411. The van der Waals surface area contributed by atoms with E-state index < -0.39 is 0 Å². The Balaban J connectivity index is 2.02.